The average Bonchev–Trinajstić information content (AvgIpc) is 2.03. The molecule has 0 amide bonds. The Hall–Kier alpha value is -0.120. The molecule has 0 rings (SSSR count). The monoisotopic (exact) mass is 160 g/mol. The lowest BCUT2D eigenvalue weighted by Gasteiger charge is -2.16. The summed E-state index contributed by atoms with van der Waals surface area (Å²) < 4.78 is 0. The van der Waals surface area contributed by atoms with Crippen molar-refractivity contribution in [2.45, 2.75) is 44.8 Å². The lowest BCUT2D eigenvalue weighted by molar-refractivity contribution is 0.135. The highest BCUT2D eigenvalue weighted by Gasteiger charge is 2.10. The standard InChI is InChI=1S/C8H20N2O/c1-2-8(11)7(10)5-3-4-6-9/h7-8,11H,2-6,9-10H2,1H3. The Morgan fingerprint density at radius 1 is 1.36 bits per heavy atom. The third-order valence-electron chi connectivity index (χ3n) is 1.90. The molecule has 0 radical (unpaired) electrons. The minimum Gasteiger partial charge on any atom is -0.392 e. The minimum atomic E-state index is -0.340. The third-order valence-corrected chi connectivity index (χ3v) is 1.90. The quantitative estimate of drug-likeness (QED) is 0.486. The first-order valence-electron chi connectivity index (χ1n) is 4.36. The Bertz CT molecular complexity index is 88.2. The summed E-state index contributed by atoms with van der Waals surface area (Å²) in [6, 6.07) is -0.0634. The Morgan fingerprint density at radius 2 is 2.00 bits per heavy atom. The van der Waals surface area contributed by atoms with Crippen LogP contribution in [-0.4, -0.2) is 23.8 Å². The predicted octanol–water partition coefficient (Wildman–Crippen LogP) is 0.214. The van der Waals surface area contributed by atoms with Crippen molar-refractivity contribution in [2.75, 3.05) is 6.54 Å². The highest BCUT2D eigenvalue weighted by atomic mass is 16.3. The number of nitrogens with two attached hydrogens (primary N) is 2. The van der Waals surface area contributed by atoms with Gasteiger partial charge in [0.25, 0.3) is 0 Å². The van der Waals surface area contributed by atoms with Crippen molar-refractivity contribution in [1.29, 1.82) is 0 Å². The number of hydrogen-bond donors (Lipinski definition) is 3. The molecule has 0 bridgehead atoms. The number of aliphatic hydroxyl groups excluding tert-OH is 1. The zero-order valence-electron chi connectivity index (χ0n) is 7.29. The van der Waals surface area contributed by atoms with E-state index in [1.807, 2.05) is 6.92 Å². The van der Waals surface area contributed by atoms with Crippen LogP contribution in [-0.2, 0) is 0 Å². The predicted molar refractivity (Wildman–Crippen MR) is 47.2 cm³/mol. The van der Waals surface area contributed by atoms with E-state index in [-0.39, 0.29) is 12.1 Å². The van der Waals surface area contributed by atoms with Gasteiger partial charge in [-0.2, -0.15) is 0 Å². The lowest BCUT2D eigenvalue weighted by atomic mass is 10.0. The van der Waals surface area contributed by atoms with Crippen LogP contribution in [0.1, 0.15) is 32.6 Å². The van der Waals surface area contributed by atoms with Gasteiger partial charge in [-0.1, -0.05) is 13.3 Å². The second kappa shape index (κ2) is 6.58. The highest BCUT2D eigenvalue weighted by Crippen LogP contribution is 2.04. The van der Waals surface area contributed by atoms with Gasteiger partial charge in [0.15, 0.2) is 0 Å². The average molecular weight is 160 g/mol. The molecule has 0 saturated carbocycles. The van der Waals surface area contributed by atoms with Crippen molar-refractivity contribution in [3.8, 4) is 0 Å². The molecule has 0 fully saturated rings. The van der Waals surface area contributed by atoms with E-state index >= 15 is 0 Å². The van der Waals surface area contributed by atoms with Crippen LogP contribution in [0.15, 0.2) is 0 Å². The molecular weight excluding hydrogens is 140 g/mol. The van der Waals surface area contributed by atoms with Crippen molar-refractivity contribution < 1.29 is 5.11 Å². The van der Waals surface area contributed by atoms with E-state index in [9.17, 15) is 5.11 Å². The van der Waals surface area contributed by atoms with Crippen LogP contribution in [0.3, 0.4) is 0 Å². The molecule has 0 aliphatic heterocycles. The van der Waals surface area contributed by atoms with Crippen LogP contribution in [0.25, 0.3) is 0 Å². The second-order valence-electron chi connectivity index (χ2n) is 2.92. The van der Waals surface area contributed by atoms with Gasteiger partial charge in [0.1, 0.15) is 0 Å². The largest absolute Gasteiger partial charge is 0.392 e. The molecule has 11 heavy (non-hydrogen) atoms. The fourth-order valence-electron chi connectivity index (χ4n) is 1.02. The molecule has 68 valence electrons. The smallest absolute Gasteiger partial charge is 0.0688 e. The molecule has 0 aromatic heterocycles. The Morgan fingerprint density at radius 3 is 2.45 bits per heavy atom. The van der Waals surface area contributed by atoms with Gasteiger partial charge >= 0.3 is 0 Å². The van der Waals surface area contributed by atoms with E-state index in [1.54, 1.807) is 0 Å². The summed E-state index contributed by atoms with van der Waals surface area (Å²) in [5.74, 6) is 0. The Labute approximate surface area is 68.8 Å². The molecule has 0 spiro atoms. The first-order valence-corrected chi connectivity index (χ1v) is 4.36. The van der Waals surface area contributed by atoms with E-state index in [2.05, 4.69) is 0 Å². The molecule has 2 atom stereocenters. The normalized spacial score (nSPS) is 16.4. The first-order chi connectivity index (χ1) is 5.22. The summed E-state index contributed by atoms with van der Waals surface area (Å²) in [6.07, 6.45) is 3.31. The Kier molecular flexibility index (Phi) is 6.51. The van der Waals surface area contributed by atoms with Gasteiger partial charge in [-0.3, -0.25) is 0 Å². The maximum atomic E-state index is 9.27. The topological polar surface area (TPSA) is 72.3 Å². The molecule has 0 aliphatic rings. The zero-order chi connectivity index (χ0) is 8.69. The van der Waals surface area contributed by atoms with Gasteiger partial charge in [0.05, 0.1) is 6.10 Å². The van der Waals surface area contributed by atoms with Crippen molar-refractivity contribution >= 4 is 0 Å². The van der Waals surface area contributed by atoms with Gasteiger partial charge in [0, 0.05) is 6.04 Å². The summed E-state index contributed by atoms with van der Waals surface area (Å²) >= 11 is 0. The highest BCUT2D eigenvalue weighted by molar-refractivity contribution is 4.69. The molecule has 0 aliphatic carbocycles. The van der Waals surface area contributed by atoms with Gasteiger partial charge in [-0.05, 0) is 25.8 Å². The molecule has 3 heteroatoms. The fourth-order valence-corrected chi connectivity index (χ4v) is 1.02. The number of rotatable bonds is 6. The summed E-state index contributed by atoms with van der Waals surface area (Å²) in [5.41, 5.74) is 11.0. The summed E-state index contributed by atoms with van der Waals surface area (Å²) in [4.78, 5) is 0. The first kappa shape index (κ1) is 10.9. The molecule has 0 heterocycles. The van der Waals surface area contributed by atoms with Gasteiger partial charge in [0.2, 0.25) is 0 Å². The van der Waals surface area contributed by atoms with E-state index in [0.29, 0.717) is 0 Å². The summed E-state index contributed by atoms with van der Waals surface area (Å²) in [5, 5.41) is 9.27. The molecule has 0 aromatic rings. The van der Waals surface area contributed by atoms with E-state index in [4.69, 9.17) is 11.5 Å². The maximum absolute atomic E-state index is 9.27. The molecule has 0 saturated heterocycles. The molecule has 2 unspecified atom stereocenters. The van der Waals surface area contributed by atoms with Gasteiger partial charge in [-0.25, -0.2) is 0 Å². The lowest BCUT2D eigenvalue weighted by Crippen LogP contribution is -2.34. The van der Waals surface area contributed by atoms with Crippen LogP contribution >= 0.6 is 0 Å². The van der Waals surface area contributed by atoms with Gasteiger partial charge < -0.3 is 16.6 Å². The van der Waals surface area contributed by atoms with E-state index in [1.165, 1.54) is 0 Å². The SMILES string of the molecule is CCC(O)C(N)CCCCN. The Balaban J connectivity index is 3.28. The maximum Gasteiger partial charge on any atom is 0.0688 e. The van der Waals surface area contributed by atoms with Crippen LogP contribution in [0, 0.1) is 0 Å². The van der Waals surface area contributed by atoms with Crippen molar-refractivity contribution in [1.82, 2.24) is 0 Å². The fraction of sp³-hybridized carbons (Fsp3) is 1.00. The molecule has 3 nitrogen and oxygen atoms in total. The van der Waals surface area contributed by atoms with Crippen LogP contribution in [0.2, 0.25) is 0 Å². The molecular formula is C8H20N2O. The van der Waals surface area contributed by atoms with E-state index < -0.39 is 0 Å². The number of aliphatic hydroxyl groups is 1. The summed E-state index contributed by atoms with van der Waals surface area (Å²) in [6.45, 7) is 2.66. The molecule has 5 N–H and O–H groups in total. The van der Waals surface area contributed by atoms with Crippen molar-refractivity contribution in [3.05, 3.63) is 0 Å². The third kappa shape index (κ3) is 5.18. The molecule has 0 aromatic carbocycles. The second-order valence-corrected chi connectivity index (χ2v) is 2.92. The van der Waals surface area contributed by atoms with E-state index in [0.717, 1.165) is 32.2 Å². The summed E-state index contributed by atoms with van der Waals surface area (Å²) in [7, 11) is 0. The zero-order valence-corrected chi connectivity index (χ0v) is 7.29. The number of hydrogen-bond acceptors (Lipinski definition) is 3. The van der Waals surface area contributed by atoms with Crippen LogP contribution in [0.5, 0.6) is 0 Å². The van der Waals surface area contributed by atoms with Crippen molar-refractivity contribution in [3.63, 3.8) is 0 Å². The number of unbranched alkanes of at least 4 members (excludes halogenated alkanes) is 1. The van der Waals surface area contributed by atoms with Crippen LogP contribution < -0.4 is 11.5 Å². The van der Waals surface area contributed by atoms with Gasteiger partial charge in [-0.15, -0.1) is 0 Å². The van der Waals surface area contributed by atoms with Crippen LogP contribution in [0.4, 0.5) is 0 Å². The minimum absolute atomic E-state index is 0.0634. The van der Waals surface area contributed by atoms with Crippen molar-refractivity contribution in [2.24, 2.45) is 11.5 Å².